The van der Waals surface area contributed by atoms with E-state index in [1.807, 2.05) is 18.2 Å². The highest BCUT2D eigenvalue weighted by atomic mass is 35.5. The van der Waals surface area contributed by atoms with Gasteiger partial charge in [-0.1, -0.05) is 41.9 Å². The summed E-state index contributed by atoms with van der Waals surface area (Å²) in [5, 5.41) is 0.749. The Morgan fingerprint density at radius 3 is 2.39 bits per heavy atom. The van der Waals surface area contributed by atoms with Crippen LogP contribution >= 0.6 is 11.6 Å². The second-order valence-electron chi connectivity index (χ2n) is 7.14. The summed E-state index contributed by atoms with van der Waals surface area (Å²) < 4.78 is 8.30. The van der Waals surface area contributed by atoms with E-state index in [0.717, 1.165) is 40.6 Å². The zero-order chi connectivity index (χ0) is 19.5. The van der Waals surface area contributed by atoms with Crippen LogP contribution in [0.5, 0.6) is 5.75 Å². The van der Waals surface area contributed by atoms with E-state index < -0.39 is 0 Å². The first-order valence-electron chi connectivity index (χ1n) is 9.48. The van der Waals surface area contributed by atoms with Crippen LogP contribution in [0, 0.1) is 13.8 Å². The van der Waals surface area contributed by atoms with Crippen molar-refractivity contribution < 1.29 is 4.74 Å². The Labute approximate surface area is 170 Å². The number of aryl methyl sites for hydroxylation is 2. The number of halogens is 1. The van der Waals surface area contributed by atoms with E-state index in [-0.39, 0.29) is 0 Å². The van der Waals surface area contributed by atoms with Crippen molar-refractivity contribution in [1.29, 1.82) is 0 Å². The van der Waals surface area contributed by atoms with Gasteiger partial charge in [0, 0.05) is 11.4 Å². The molecule has 4 heteroatoms. The van der Waals surface area contributed by atoms with Crippen LogP contribution in [0.2, 0.25) is 5.02 Å². The highest BCUT2D eigenvalue weighted by Gasteiger charge is 2.11. The molecule has 4 aromatic rings. The number of hydrogen-bond donors (Lipinski definition) is 0. The van der Waals surface area contributed by atoms with Crippen molar-refractivity contribution in [3.05, 3.63) is 94.3 Å². The molecule has 1 heterocycles. The minimum Gasteiger partial charge on any atom is -0.492 e. The lowest BCUT2D eigenvalue weighted by molar-refractivity contribution is 0.298. The van der Waals surface area contributed by atoms with Gasteiger partial charge in [-0.05, 0) is 66.9 Å². The van der Waals surface area contributed by atoms with E-state index in [1.165, 1.54) is 16.7 Å². The van der Waals surface area contributed by atoms with Crippen molar-refractivity contribution in [1.82, 2.24) is 9.55 Å². The molecule has 3 nitrogen and oxygen atoms in total. The molecule has 0 atom stereocenters. The Morgan fingerprint density at radius 2 is 1.64 bits per heavy atom. The van der Waals surface area contributed by atoms with Crippen LogP contribution in [-0.4, -0.2) is 16.2 Å². The lowest BCUT2D eigenvalue weighted by Crippen LogP contribution is -2.11. The molecule has 0 spiro atoms. The molecule has 0 saturated heterocycles. The summed E-state index contributed by atoms with van der Waals surface area (Å²) in [7, 11) is 0. The summed E-state index contributed by atoms with van der Waals surface area (Å²) in [6.45, 7) is 5.52. The van der Waals surface area contributed by atoms with E-state index in [1.54, 1.807) is 0 Å². The van der Waals surface area contributed by atoms with Gasteiger partial charge in [0.25, 0.3) is 0 Å². The number of fused-ring (bicyclic) bond motifs is 1. The van der Waals surface area contributed by atoms with Crippen LogP contribution in [0.1, 0.15) is 22.5 Å². The van der Waals surface area contributed by atoms with E-state index in [9.17, 15) is 0 Å². The quantitative estimate of drug-likeness (QED) is 0.405. The van der Waals surface area contributed by atoms with Crippen molar-refractivity contribution in [2.45, 2.75) is 26.8 Å². The van der Waals surface area contributed by atoms with Crippen molar-refractivity contribution in [2.75, 3.05) is 6.61 Å². The summed E-state index contributed by atoms with van der Waals surface area (Å²) >= 11 is 6.02. The summed E-state index contributed by atoms with van der Waals surface area (Å²) in [6, 6.07) is 22.5. The van der Waals surface area contributed by atoms with Gasteiger partial charge in [-0.3, -0.25) is 0 Å². The van der Waals surface area contributed by atoms with Crippen LogP contribution in [0.15, 0.2) is 66.7 Å². The van der Waals surface area contributed by atoms with E-state index >= 15 is 0 Å². The molecule has 0 amide bonds. The average molecular weight is 391 g/mol. The molecule has 0 radical (unpaired) electrons. The number of imidazole rings is 1. The molecule has 0 aliphatic rings. The van der Waals surface area contributed by atoms with Crippen LogP contribution in [0.25, 0.3) is 11.0 Å². The number of benzene rings is 3. The van der Waals surface area contributed by atoms with Crippen molar-refractivity contribution >= 4 is 22.6 Å². The molecular weight excluding hydrogens is 368 g/mol. The minimum atomic E-state index is 0.594. The highest BCUT2D eigenvalue weighted by Crippen LogP contribution is 2.21. The fourth-order valence-corrected chi connectivity index (χ4v) is 3.69. The molecule has 0 aliphatic heterocycles. The molecule has 4 rings (SSSR count). The smallest absolute Gasteiger partial charge is 0.119 e. The van der Waals surface area contributed by atoms with Gasteiger partial charge in [0.2, 0.25) is 0 Å². The second kappa shape index (κ2) is 8.07. The number of hydrogen-bond acceptors (Lipinski definition) is 2. The molecule has 0 N–H and O–H groups in total. The molecule has 0 fully saturated rings. The van der Waals surface area contributed by atoms with E-state index in [0.29, 0.717) is 6.61 Å². The maximum Gasteiger partial charge on any atom is 0.119 e. The lowest BCUT2D eigenvalue weighted by Gasteiger charge is -2.12. The van der Waals surface area contributed by atoms with Gasteiger partial charge in [0.15, 0.2) is 0 Å². The molecular formula is C24H23ClN2O. The first-order chi connectivity index (χ1) is 13.6. The number of ether oxygens (including phenoxy) is 1. The van der Waals surface area contributed by atoms with Gasteiger partial charge in [-0.15, -0.1) is 0 Å². The number of nitrogens with zero attached hydrogens (tertiary/aromatic N) is 2. The number of aromatic nitrogens is 2. The van der Waals surface area contributed by atoms with Crippen molar-refractivity contribution in [3.63, 3.8) is 0 Å². The largest absolute Gasteiger partial charge is 0.492 e. The van der Waals surface area contributed by atoms with Crippen LogP contribution in [0.4, 0.5) is 0 Å². The van der Waals surface area contributed by atoms with Gasteiger partial charge < -0.3 is 9.30 Å². The van der Waals surface area contributed by atoms with Crippen molar-refractivity contribution in [2.24, 2.45) is 0 Å². The minimum absolute atomic E-state index is 0.594. The van der Waals surface area contributed by atoms with Crippen LogP contribution < -0.4 is 4.74 Å². The predicted molar refractivity (Wildman–Crippen MR) is 115 cm³/mol. The van der Waals surface area contributed by atoms with Gasteiger partial charge in [0.1, 0.15) is 18.2 Å². The van der Waals surface area contributed by atoms with Crippen LogP contribution in [0.3, 0.4) is 0 Å². The Bertz CT molecular complexity index is 1080. The monoisotopic (exact) mass is 390 g/mol. The van der Waals surface area contributed by atoms with Gasteiger partial charge in [0.05, 0.1) is 17.6 Å². The Kier molecular flexibility index (Phi) is 5.36. The summed E-state index contributed by atoms with van der Waals surface area (Å²) in [6.07, 6.45) is 0.759. The van der Waals surface area contributed by atoms with E-state index in [4.69, 9.17) is 21.3 Å². The topological polar surface area (TPSA) is 27.1 Å². The van der Waals surface area contributed by atoms with Gasteiger partial charge >= 0.3 is 0 Å². The highest BCUT2D eigenvalue weighted by molar-refractivity contribution is 6.30. The summed E-state index contributed by atoms with van der Waals surface area (Å²) in [5.41, 5.74) is 5.77. The first kappa shape index (κ1) is 18.6. The summed E-state index contributed by atoms with van der Waals surface area (Å²) in [5.74, 6) is 1.95. The Morgan fingerprint density at radius 1 is 0.929 bits per heavy atom. The molecule has 0 unspecified atom stereocenters. The van der Waals surface area contributed by atoms with E-state index in [2.05, 4.69) is 66.9 Å². The zero-order valence-corrected chi connectivity index (χ0v) is 16.9. The Balaban J connectivity index is 1.57. The Hall–Kier alpha value is -2.78. The average Bonchev–Trinajstić information content (AvgIpc) is 3.00. The SMILES string of the molecule is Cc1cc(C)cc(OCCn2c(Cc3ccc(Cl)cc3)nc3ccccc32)c1. The number of para-hydroxylation sites is 2. The molecule has 142 valence electrons. The fraction of sp³-hybridized carbons (Fsp3) is 0.208. The maximum absolute atomic E-state index is 6.04. The molecule has 0 aliphatic carbocycles. The molecule has 0 bridgehead atoms. The molecule has 3 aromatic carbocycles. The lowest BCUT2D eigenvalue weighted by atomic mass is 10.1. The third-order valence-electron chi connectivity index (χ3n) is 4.79. The predicted octanol–water partition coefficient (Wildman–Crippen LogP) is 5.98. The standard InChI is InChI=1S/C24H23ClN2O/c1-17-13-18(2)15-21(14-17)28-12-11-27-23-6-4-3-5-22(23)26-24(27)16-19-7-9-20(25)10-8-19/h3-10,13-15H,11-12,16H2,1-2H3. The fourth-order valence-electron chi connectivity index (χ4n) is 3.57. The molecule has 0 saturated carbocycles. The maximum atomic E-state index is 6.04. The second-order valence-corrected chi connectivity index (χ2v) is 7.58. The normalized spacial score (nSPS) is 11.1. The molecule has 28 heavy (non-hydrogen) atoms. The summed E-state index contributed by atoms with van der Waals surface area (Å²) in [4.78, 5) is 4.86. The number of rotatable bonds is 6. The first-order valence-corrected chi connectivity index (χ1v) is 9.86. The van der Waals surface area contributed by atoms with Crippen LogP contribution in [-0.2, 0) is 13.0 Å². The molecule has 1 aromatic heterocycles. The third kappa shape index (κ3) is 4.20. The zero-order valence-electron chi connectivity index (χ0n) is 16.2. The van der Waals surface area contributed by atoms with Crippen molar-refractivity contribution in [3.8, 4) is 5.75 Å². The van der Waals surface area contributed by atoms with Gasteiger partial charge in [-0.25, -0.2) is 4.98 Å². The van der Waals surface area contributed by atoms with Gasteiger partial charge in [-0.2, -0.15) is 0 Å². The third-order valence-corrected chi connectivity index (χ3v) is 5.04.